The molecule has 0 fully saturated rings. The van der Waals surface area contributed by atoms with Crippen molar-refractivity contribution in [1.29, 1.82) is 0 Å². The molecule has 2 N–H and O–H groups in total. The Morgan fingerprint density at radius 2 is 1.92 bits per heavy atom. The van der Waals surface area contributed by atoms with Crippen LogP contribution in [0.2, 0.25) is 0 Å². The van der Waals surface area contributed by atoms with E-state index >= 15 is 0 Å². The van der Waals surface area contributed by atoms with Gasteiger partial charge in [0.2, 0.25) is 0 Å². The van der Waals surface area contributed by atoms with Gasteiger partial charge < -0.3 is 5.73 Å². The van der Waals surface area contributed by atoms with Crippen molar-refractivity contribution < 1.29 is 0 Å². The molecule has 0 aliphatic heterocycles. The molecule has 0 aliphatic rings. The number of nitrogens with zero attached hydrogens (tertiary/aromatic N) is 1. The average molecular weight is 184 g/mol. The van der Waals surface area contributed by atoms with Gasteiger partial charge in [0.05, 0.1) is 0 Å². The van der Waals surface area contributed by atoms with Gasteiger partial charge in [0.25, 0.3) is 0 Å². The van der Waals surface area contributed by atoms with Gasteiger partial charge in [0.1, 0.15) is 0 Å². The van der Waals surface area contributed by atoms with Crippen LogP contribution in [-0.2, 0) is 0 Å². The molecule has 0 bridgehead atoms. The molecule has 0 saturated carbocycles. The van der Waals surface area contributed by atoms with Crippen molar-refractivity contribution in [2.24, 2.45) is 11.7 Å². The van der Waals surface area contributed by atoms with Gasteiger partial charge in [-0.25, -0.2) is 0 Å². The third kappa shape index (κ3) is 5.83. The van der Waals surface area contributed by atoms with Crippen LogP contribution >= 0.6 is 0 Å². The van der Waals surface area contributed by atoms with E-state index in [0.29, 0.717) is 12.6 Å². The zero-order valence-corrected chi connectivity index (χ0v) is 9.51. The van der Waals surface area contributed by atoms with Crippen molar-refractivity contribution in [3.63, 3.8) is 0 Å². The Morgan fingerprint density at radius 3 is 2.31 bits per heavy atom. The van der Waals surface area contributed by atoms with Crippen LogP contribution in [-0.4, -0.2) is 31.1 Å². The lowest BCUT2D eigenvalue weighted by molar-refractivity contribution is 0.245. The van der Waals surface area contributed by atoms with E-state index in [1.807, 2.05) is 0 Å². The first-order chi connectivity index (χ1) is 5.97. The number of hydrogen-bond donors (Lipinski definition) is 1. The fraction of sp³-hybridized carbons (Fsp3) is 0.818. The first-order valence-electron chi connectivity index (χ1n) is 5.04. The number of hydrogen-bond acceptors (Lipinski definition) is 2. The minimum atomic E-state index is 0.596. The predicted molar refractivity (Wildman–Crippen MR) is 59.7 cm³/mol. The lowest BCUT2D eigenvalue weighted by Crippen LogP contribution is -2.33. The molecule has 0 saturated heterocycles. The molecule has 0 amide bonds. The van der Waals surface area contributed by atoms with Crippen LogP contribution in [0.15, 0.2) is 12.2 Å². The number of nitrogens with two attached hydrogens (primary N) is 1. The molecule has 0 aromatic carbocycles. The Labute approximate surface area is 82.8 Å². The van der Waals surface area contributed by atoms with Crippen molar-refractivity contribution >= 4 is 0 Å². The quantitative estimate of drug-likeness (QED) is 0.639. The van der Waals surface area contributed by atoms with E-state index < -0.39 is 0 Å². The highest BCUT2D eigenvalue weighted by molar-refractivity contribution is 4.98. The Kier molecular flexibility index (Phi) is 6.00. The first-order valence-corrected chi connectivity index (χ1v) is 5.04. The van der Waals surface area contributed by atoms with E-state index in [1.54, 1.807) is 0 Å². The summed E-state index contributed by atoms with van der Waals surface area (Å²) < 4.78 is 0. The monoisotopic (exact) mass is 184 g/mol. The highest BCUT2D eigenvalue weighted by Gasteiger charge is 2.10. The zero-order valence-electron chi connectivity index (χ0n) is 9.51. The maximum absolute atomic E-state index is 5.50. The second-order valence-electron chi connectivity index (χ2n) is 4.35. The largest absolute Gasteiger partial charge is 0.327 e. The van der Waals surface area contributed by atoms with Crippen LogP contribution in [0.3, 0.4) is 0 Å². The fourth-order valence-electron chi connectivity index (χ4n) is 1.44. The molecule has 0 rings (SSSR count). The standard InChI is InChI=1S/C11H24N2/c1-9(2)6-11(4)13(5)8-10(3)7-12/h9,11H,3,6-8,12H2,1-2,4-5H3. The summed E-state index contributed by atoms with van der Waals surface area (Å²) in [6, 6.07) is 0.614. The average Bonchev–Trinajstić information content (AvgIpc) is 2.02. The zero-order chi connectivity index (χ0) is 10.4. The van der Waals surface area contributed by atoms with Gasteiger partial charge in [-0.3, -0.25) is 4.90 Å². The van der Waals surface area contributed by atoms with Gasteiger partial charge in [0.15, 0.2) is 0 Å². The summed E-state index contributed by atoms with van der Waals surface area (Å²) >= 11 is 0. The molecule has 1 atom stereocenters. The van der Waals surface area contributed by atoms with E-state index in [9.17, 15) is 0 Å². The minimum absolute atomic E-state index is 0.596. The van der Waals surface area contributed by atoms with Crippen LogP contribution in [0, 0.1) is 5.92 Å². The summed E-state index contributed by atoms with van der Waals surface area (Å²) in [5, 5.41) is 0. The smallest absolute Gasteiger partial charge is 0.0202 e. The van der Waals surface area contributed by atoms with E-state index in [1.165, 1.54) is 6.42 Å². The number of likely N-dealkylation sites (N-methyl/N-ethyl adjacent to an activating group) is 1. The van der Waals surface area contributed by atoms with Gasteiger partial charge in [-0.15, -0.1) is 0 Å². The van der Waals surface area contributed by atoms with E-state index in [0.717, 1.165) is 18.0 Å². The van der Waals surface area contributed by atoms with Crippen molar-refractivity contribution in [2.75, 3.05) is 20.1 Å². The van der Waals surface area contributed by atoms with Gasteiger partial charge in [-0.2, -0.15) is 0 Å². The fourth-order valence-corrected chi connectivity index (χ4v) is 1.44. The molecule has 0 aromatic heterocycles. The minimum Gasteiger partial charge on any atom is -0.327 e. The molecule has 1 unspecified atom stereocenters. The molecule has 78 valence electrons. The lowest BCUT2D eigenvalue weighted by atomic mass is 10.0. The molecule has 13 heavy (non-hydrogen) atoms. The Bertz CT molecular complexity index is 152. The first kappa shape index (κ1) is 12.7. The van der Waals surface area contributed by atoms with Crippen molar-refractivity contribution in [2.45, 2.75) is 33.2 Å². The molecular formula is C11H24N2. The summed E-state index contributed by atoms with van der Waals surface area (Å²) in [6.07, 6.45) is 1.23. The van der Waals surface area contributed by atoms with Crippen LogP contribution in [0.1, 0.15) is 27.2 Å². The van der Waals surface area contributed by atoms with Gasteiger partial charge in [0, 0.05) is 19.1 Å². The third-order valence-electron chi connectivity index (χ3n) is 2.33. The van der Waals surface area contributed by atoms with Crippen molar-refractivity contribution in [1.82, 2.24) is 4.90 Å². The number of rotatable bonds is 6. The Balaban J connectivity index is 3.81. The molecule has 0 aromatic rings. The topological polar surface area (TPSA) is 29.3 Å². The van der Waals surface area contributed by atoms with E-state index in [-0.39, 0.29) is 0 Å². The maximum atomic E-state index is 5.50. The third-order valence-corrected chi connectivity index (χ3v) is 2.33. The van der Waals surface area contributed by atoms with Crippen molar-refractivity contribution in [3.8, 4) is 0 Å². The second-order valence-corrected chi connectivity index (χ2v) is 4.35. The van der Waals surface area contributed by atoms with Crippen LogP contribution in [0.25, 0.3) is 0 Å². The lowest BCUT2D eigenvalue weighted by Gasteiger charge is -2.26. The summed E-state index contributed by atoms with van der Waals surface area (Å²) in [6.45, 7) is 12.2. The van der Waals surface area contributed by atoms with Crippen molar-refractivity contribution in [3.05, 3.63) is 12.2 Å². The molecule has 0 radical (unpaired) electrons. The highest BCUT2D eigenvalue weighted by Crippen LogP contribution is 2.10. The Morgan fingerprint density at radius 1 is 1.38 bits per heavy atom. The summed E-state index contributed by atoms with van der Waals surface area (Å²) in [5.41, 5.74) is 6.60. The van der Waals surface area contributed by atoms with E-state index in [4.69, 9.17) is 5.73 Å². The summed E-state index contributed by atoms with van der Waals surface area (Å²) in [5.74, 6) is 0.753. The maximum Gasteiger partial charge on any atom is 0.0202 e. The van der Waals surface area contributed by atoms with Crippen LogP contribution in [0.5, 0.6) is 0 Å². The van der Waals surface area contributed by atoms with E-state index in [2.05, 4.69) is 39.3 Å². The summed E-state index contributed by atoms with van der Waals surface area (Å²) in [4.78, 5) is 2.31. The SMILES string of the molecule is C=C(CN)CN(C)C(C)CC(C)C. The summed E-state index contributed by atoms with van der Waals surface area (Å²) in [7, 11) is 2.13. The van der Waals surface area contributed by atoms with Gasteiger partial charge >= 0.3 is 0 Å². The highest BCUT2D eigenvalue weighted by atomic mass is 15.1. The predicted octanol–water partition coefficient (Wildman–Crippen LogP) is 1.87. The molecule has 2 nitrogen and oxygen atoms in total. The van der Waals surface area contributed by atoms with Gasteiger partial charge in [-0.05, 0) is 31.9 Å². The molecule has 0 spiro atoms. The van der Waals surface area contributed by atoms with Gasteiger partial charge in [-0.1, -0.05) is 20.4 Å². The second kappa shape index (κ2) is 6.17. The van der Waals surface area contributed by atoms with Crippen LogP contribution in [0.4, 0.5) is 0 Å². The normalized spacial score (nSPS) is 13.8. The molecule has 0 heterocycles. The molecule has 2 heteroatoms. The Hall–Kier alpha value is -0.340. The molecular weight excluding hydrogens is 160 g/mol. The molecule has 0 aliphatic carbocycles. The van der Waals surface area contributed by atoms with Crippen LogP contribution < -0.4 is 5.73 Å².